The average molecular weight is 317 g/mol. The Morgan fingerprint density at radius 3 is 2.55 bits per heavy atom. The zero-order valence-electron chi connectivity index (χ0n) is 12.2. The summed E-state index contributed by atoms with van der Waals surface area (Å²) >= 11 is 5.87. The minimum atomic E-state index is -0.348. The Bertz CT molecular complexity index is 669. The van der Waals surface area contributed by atoms with Gasteiger partial charge in [0.25, 0.3) is 0 Å². The lowest BCUT2D eigenvalue weighted by Gasteiger charge is -2.12. The molecule has 2 rings (SSSR count). The van der Waals surface area contributed by atoms with Crippen LogP contribution in [0.2, 0.25) is 5.02 Å². The molecule has 0 spiro atoms. The first-order chi connectivity index (χ1) is 10.6. The number of benzene rings is 2. The molecule has 0 radical (unpaired) electrons. The largest absolute Gasteiger partial charge is 0.468 e. The minimum absolute atomic E-state index is 0.0712. The number of nitrogens with one attached hydrogen (secondary N) is 2. The summed E-state index contributed by atoms with van der Waals surface area (Å²) in [4.78, 5) is 11.2. The molecule has 0 heterocycles. The van der Waals surface area contributed by atoms with Crippen molar-refractivity contribution in [1.82, 2.24) is 0 Å². The van der Waals surface area contributed by atoms with E-state index in [2.05, 4.69) is 10.1 Å². The van der Waals surface area contributed by atoms with Gasteiger partial charge in [-0.1, -0.05) is 41.9 Å². The van der Waals surface area contributed by atoms with Gasteiger partial charge in [0.1, 0.15) is 6.54 Å². The molecule has 0 unspecified atom stereocenters. The predicted molar refractivity (Wildman–Crippen MR) is 88.9 cm³/mol. The SMILES string of the molecule is COC(=O)CNc1ccccc1C(=N)Cc1ccc(Cl)cc1. The van der Waals surface area contributed by atoms with Crippen molar-refractivity contribution in [3.05, 3.63) is 64.7 Å². The van der Waals surface area contributed by atoms with Crippen LogP contribution in [0.15, 0.2) is 48.5 Å². The maximum atomic E-state index is 11.2. The topological polar surface area (TPSA) is 62.2 Å². The first-order valence-corrected chi connectivity index (χ1v) is 7.20. The van der Waals surface area contributed by atoms with E-state index in [4.69, 9.17) is 17.0 Å². The van der Waals surface area contributed by atoms with E-state index in [1.165, 1.54) is 7.11 Å². The first kappa shape index (κ1) is 16.0. The number of ether oxygens (including phenoxy) is 1. The first-order valence-electron chi connectivity index (χ1n) is 6.82. The van der Waals surface area contributed by atoms with E-state index in [0.717, 1.165) is 16.8 Å². The maximum absolute atomic E-state index is 11.2. The number of methoxy groups -OCH3 is 1. The van der Waals surface area contributed by atoms with Crippen LogP contribution in [0.1, 0.15) is 11.1 Å². The van der Waals surface area contributed by atoms with Gasteiger partial charge >= 0.3 is 5.97 Å². The van der Waals surface area contributed by atoms with E-state index in [9.17, 15) is 4.79 Å². The Balaban J connectivity index is 2.11. The number of anilines is 1. The van der Waals surface area contributed by atoms with Crippen LogP contribution in [0.4, 0.5) is 5.69 Å². The normalized spacial score (nSPS) is 10.1. The fraction of sp³-hybridized carbons (Fsp3) is 0.176. The number of carbonyl (C=O) groups excluding carboxylic acids is 1. The summed E-state index contributed by atoms with van der Waals surface area (Å²) in [5, 5.41) is 12.0. The summed E-state index contributed by atoms with van der Waals surface area (Å²) in [5.41, 5.74) is 2.99. The van der Waals surface area contributed by atoms with Crippen molar-refractivity contribution in [2.75, 3.05) is 19.0 Å². The van der Waals surface area contributed by atoms with Crippen molar-refractivity contribution in [3.8, 4) is 0 Å². The summed E-state index contributed by atoms with van der Waals surface area (Å²) in [6.45, 7) is 0.0712. The van der Waals surface area contributed by atoms with Gasteiger partial charge in [-0.3, -0.25) is 4.79 Å². The van der Waals surface area contributed by atoms with Gasteiger partial charge in [-0.15, -0.1) is 0 Å². The van der Waals surface area contributed by atoms with Crippen LogP contribution in [0.3, 0.4) is 0 Å². The zero-order chi connectivity index (χ0) is 15.9. The zero-order valence-corrected chi connectivity index (χ0v) is 13.0. The van der Waals surface area contributed by atoms with Gasteiger partial charge in [-0.05, 0) is 23.8 Å². The average Bonchev–Trinajstić information content (AvgIpc) is 2.55. The van der Waals surface area contributed by atoms with Gasteiger partial charge in [0.05, 0.1) is 7.11 Å². The molecular weight excluding hydrogens is 300 g/mol. The highest BCUT2D eigenvalue weighted by atomic mass is 35.5. The third-order valence-corrected chi connectivity index (χ3v) is 3.45. The molecule has 2 N–H and O–H groups in total. The molecule has 0 aliphatic heterocycles. The fourth-order valence-corrected chi connectivity index (χ4v) is 2.17. The molecule has 0 saturated heterocycles. The summed E-state index contributed by atoms with van der Waals surface area (Å²) in [5.74, 6) is -0.348. The number of halogens is 1. The minimum Gasteiger partial charge on any atom is -0.468 e. The standard InChI is InChI=1S/C17H17ClN2O2/c1-22-17(21)11-20-16-5-3-2-4-14(16)15(19)10-12-6-8-13(18)9-7-12/h2-9,19-20H,10-11H2,1H3. The van der Waals surface area contributed by atoms with Crippen molar-refractivity contribution in [3.63, 3.8) is 0 Å². The molecule has 114 valence electrons. The number of hydrogen-bond acceptors (Lipinski definition) is 4. The van der Waals surface area contributed by atoms with E-state index < -0.39 is 0 Å². The Labute approximate surface area is 134 Å². The lowest BCUT2D eigenvalue weighted by Crippen LogP contribution is -2.17. The van der Waals surface area contributed by atoms with E-state index >= 15 is 0 Å². The molecule has 0 fully saturated rings. The molecule has 0 amide bonds. The molecule has 22 heavy (non-hydrogen) atoms. The Hall–Kier alpha value is -2.33. The van der Waals surface area contributed by atoms with Crippen LogP contribution in [-0.2, 0) is 16.0 Å². The van der Waals surface area contributed by atoms with Crippen molar-refractivity contribution >= 4 is 29.0 Å². The molecule has 2 aromatic rings. The van der Waals surface area contributed by atoms with Gasteiger partial charge in [0.15, 0.2) is 0 Å². The van der Waals surface area contributed by atoms with Crippen LogP contribution in [0.5, 0.6) is 0 Å². The van der Waals surface area contributed by atoms with Crippen LogP contribution in [-0.4, -0.2) is 25.3 Å². The van der Waals surface area contributed by atoms with E-state index in [0.29, 0.717) is 17.2 Å². The molecule has 4 nitrogen and oxygen atoms in total. The summed E-state index contributed by atoms with van der Waals surface area (Å²) in [6, 6.07) is 14.9. The third-order valence-electron chi connectivity index (χ3n) is 3.20. The molecule has 0 aromatic heterocycles. The highest BCUT2D eigenvalue weighted by molar-refractivity contribution is 6.30. The van der Waals surface area contributed by atoms with Crippen molar-refractivity contribution in [2.24, 2.45) is 0 Å². The molecule has 0 atom stereocenters. The Morgan fingerprint density at radius 2 is 1.86 bits per heavy atom. The summed E-state index contributed by atoms with van der Waals surface area (Å²) < 4.78 is 4.61. The fourth-order valence-electron chi connectivity index (χ4n) is 2.04. The summed E-state index contributed by atoms with van der Waals surface area (Å²) in [7, 11) is 1.35. The second-order valence-electron chi connectivity index (χ2n) is 4.76. The highest BCUT2D eigenvalue weighted by Crippen LogP contribution is 2.18. The van der Waals surface area contributed by atoms with Crippen LogP contribution >= 0.6 is 11.6 Å². The van der Waals surface area contributed by atoms with Crippen LogP contribution < -0.4 is 5.32 Å². The van der Waals surface area contributed by atoms with Crippen molar-refractivity contribution in [2.45, 2.75) is 6.42 Å². The van der Waals surface area contributed by atoms with E-state index in [1.54, 1.807) is 0 Å². The van der Waals surface area contributed by atoms with E-state index in [1.807, 2.05) is 48.5 Å². The maximum Gasteiger partial charge on any atom is 0.325 e. The van der Waals surface area contributed by atoms with Gasteiger partial charge in [0.2, 0.25) is 0 Å². The quantitative estimate of drug-likeness (QED) is 0.633. The monoisotopic (exact) mass is 316 g/mol. The highest BCUT2D eigenvalue weighted by Gasteiger charge is 2.09. The van der Waals surface area contributed by atoms with Crippen molar-refractivity contribution < 1.29 is 9.53 Å². The van der Waals surface area contributed by atoms with E-state index in [-0.39, 0.29) is 12.5 Å². The molecule has 2 aromatic carbocycles. The second kappa shape index (κ2) is 7.61. The van der Waals surface area contributed by atoms with Gasteiger partial charge < -0.3 is 15.5 Å². The van der Waals surface area contributed by atoms with Gasteiger partial charge in [-0.2, -0.15) is 0 Å². The Kier molecular flexibility index (Phi) is 5.55. The van der Waals surface area contributed by atoms with Crippen LogP contribution in [0.25, 0.3) is 0 Å². The second-order valence-corrected chi connectivity index (χ2v) is 5.19. The number of hydrogen-bond donors (Lipinski definition) is 2. The van der Waals surface area contributed by atoms with Crippen molar-refractivity contribution in [1.29, 1.82) is 5.41 Å². The lowest BCUT2D eigenvalue weighted by molar-refractivity contribution is -0.138. The predicted octanol–water partition coefficient (Wildman–Crippen LogP) is 3.54. The molecule has 5 heteroatoms. The number of esters is 1. The molecule has 0 bridgehead atoms. The lowest BCUT2D eigenvalue weighted by atomic mass is 10.0. The number of para-hydroxylation sites is 1. The Morgan fingerprint density at radius 1 is 1.18 bits per heavy atom. The third kappa shape index (κ3) is 4.33. The van der Waals surface area contributed by atoms with Gasteiger partial charge in [-0.25, -0.2) is 0 Å². The number of carbonyl (C=O) groups is 1. The molecular formula is C17H17ClN2O2. The van der Waals surface area contributed by atoms with Gasteiger partial charge in [0, 0.05) is 28.4 Å². The molecule has 0 aliphatic carbocycles. The summed E-state index contributed by atoms with van der Waals surface area (Å²) in [6.07, 6.45) is 0.494. The number of rotatable bonds is 6. The van der Waals surface area contributed by atoms with Crippen LogP contribution in [0, 0.1) is 5.41 Å². The molecule has 0 aliphatic rings. The smallest absolute Gasteiger partial charge is 0.325 e. The molecule has 0 saturated carbocycles.